The standard InChI is InChI=1S/C10H20O.C10H18O/c2*1-9(2)5-4-6-10(3)7-8-11/h5,10-11H,4,6-8H2,1-3H3;5,8,10H,4,6-7H2,1-3H3. The molecule has 0 radical (unpaired) electrons. The Hall–Kier alpha value is -0.890. The Morgan fingerprint density at radius 1 is 0.864 bits per heavy atom. The molecule has 0 fully saturated rings. The minimum absolute atomic E-state index is 0.329. The number of carbonyl (C=O) groups is 1. The van der Waals surface area contributed by atoms with Gasteiger partial charge in [0.05, 0.1) is 0 Å². The van der Waals surface area contributed by atoms with Crippen LogP contribution in [-0.2, 0) is 4.79 Å². The lowest BCUT2D eigenvalue weighted by Crippen LogP contribution is -1.96. The first-order valence-electron chi connectivity index (χ1n) is 8.64. The van der Waals surface area contributed by atoms with E-state index in [0.717, 1.165) is 32.0 Å². The van der Waals surface area contributed by atoms with Gasteiger partial charge in [-0.25, -0.2) is 0 Å². The number of hydrogen-bond acceptors (Lipinski definition) is 2. The molecule has 0 aromatic carbocycles. The van der Waals surface area contributed by atoms with Crippen LogP contribution < -0.4 is 0 Å². The third-order valence-corrected chi connectivity index (χ3v) is 3.54. The molecule has 0 heterocycles. The van der Waals surface area contributed by atoms with Crippen LogP contribution in [-0.4, -0.2) is 18.0 Å². The van der Waals surface area contributed by atoms with Gasteiger partial charge >= 0.3 is 0 Å². The molecule has 0 rings (SSSR count). The molecular formula is C20H38O2. The van der Waals surface area contributed by atoms with E-state index in [2.05, 4.69) is 53.7 Å². The van der Waals surface area contributed by atoms with E-state index in [4.69, 9.17) is 5.11 Å². The Labute approximate surface area is 138 Å². The molecule has 1 N–H and O–H groups in total. The predicted octanol–water partition coefficient (Wildman–Crippen LogP) is 5.71. The van der Waals surface area contributed by atoms with Crippen molar-refractivity contribution in [1.29, 1.82) is 0 Å². The molecular weight excluding hydrogens is 272 g/mol. The van der Waals surface area contributed by atoms with E-state index in [1.54, 1.807) is 0 Å². The van der Waals surface area contributed by atoms with Gasteiger partial charge in [-0.2, -0.15) is 0 Å². The van der Waals surface area contributed by atoms with Crippen LogP contribution in [0.3, 0.4) is 0 Å². The first-order valence-corrected chi connectivity index (χ1v) is 8.64. The summed E-state index contributed by atoms with van der Waals surface area (Å²) in [6.45, 7) is 13.1. The summed E-state index contributed by atoms with van der Waals surface area (Å²) >= 11 is 0. The number of allylic oxidation sites excluding steroid dienone is 4. The molecule has 0 aromatic heterocycles. The van der Waals surface area contributed by atoms with Gasteiger partial charge in [-0.1, -0.05) is 37.1 Å². The van der Waals surface area contributed by atoms with Crippen molar-refractivity contribution >= 4 is 6.29 Å². The van der Waals surface area contributed by atoms with Crippen LogP contribution in [0.5, 0.6) is 0 Å². The highest BCUT2D eigenvalue weighted by atomic mass is 16.3. The van der Waals surface area contributed by atoms with Crippen molar-refractivity contribution in [3.8, 4) is 0 Å². The summed E-state index contributed by atoms with van der Waals surface area (Å²) in [7, 11) is 0. The second kappa shape index (κ2) is 16.5. The van der Waals surface area contributed by atoms with Gasteiger partial charge in [-0.15, -0.1) is 0 Å². The Kier molecular flexibility index (Phi) is 17.5. The van der Waals surface area contributed by atoms with E-state index < -0.39 is 0 Å². The molecule has 0 saturated heterocycles. The molecule has 22 heavy (non-hydrogen) atoms. The molecule has 0 amide bonds. The Morgan fingerprint density at radius 3 is 1.68 bits per heavy atom. The van der Waals surface area contributed by atoms with Gasteiger partial charge < -0.3 is 9.90 Å². The summed E-state index contributed by atoms with van der Waals surface area (Å²) in [5, 5.41) is 8.63. The third-order valence-electron chi connectivity index (χ3n) is 3.54. The number of carbonyl (C=O) groups excluding carboxylic acids is 1. The van der Waals surface area contributed by atoms with Crippen LogP contribution in [0.1, 0.15) is 80.1 Å². The summed E-state index contributed by atoms with van der Waals surface area (Å²) in [6.07, 6.45) is 11.7. The molecule has 0 bridgehead atoms. The average molecular weight is 311 g/mol. The fourth-order valence-electron chi connectivity index (χ4n) is 1.96. The van der Waals surface area contributed by atoms with Crippen molar-refractivity contribution < 1.29 is 9.90 Å². The van der Waals surface area contributed by atoms with E-state index in [1.165, 1.54) is 17.6 Å². The molecule has 2 heteroatoms. The maximum absolute atomic E-state index is 10.1. The second-order valence-electron chi connectivity index (χ2n) is 6.84. The maximum Gasteiger partial charge on any atom is 0.120 e. The first-order chi connectivity index (χ1) is 10.3. The monoisotopic (exact) mass is 310 g/mol. The van der Waals surface area contributed by atoms with E-state index in [1.807, 2.05) is 0 Å². The summed E-state index contributed by atoms with van der Waals surface area (Å²) in [5.41, 5.74) is 2.75. The average Bonchev–Trinajstić information content (AvgIpc) is 2.39. The lowest BCUT2D eigenvalue weighted by atomic mass is 10.0. The Morgan fingerprint density at radius 2 is 1.32 bits per heavy atom. The molecule has 0 saturated carbocycles. The smallest absolute Gasteiger partial charge is 0.120 e. The van der Waals surface area contributed by atoms with Crippen LogP contribution in [0.4, 0.5) is 0 Å². The van der Waals surface area contributed by atoms with E-state index in [9.17, 15) is 4.79 Å². The summed E-state index contributed by atoms with van der Waals surface area (Å²) in [5.74, 6) is 1.21. The number of aliphatic hydroxyl groups is 1. The van der Waals surface area contributed by atoms with Gasteiger partial charge in [0, 0.05) is 13.0 Å². The largest absolute Gasteiger partial charge is 0.396 e. The van der Waals surface area contributed by atoms with Gasteiger partial charge in [-0.05, 0) is 71.6 Å². The molecule has 0 aliphatic carbocycles. The third kappa shape index (κ3) is 21.4. The fourth-order valence-corrected chi connectivity index (χ4v) is 1.96. The lowest BCUT2D eigenvalue weighted by molar-refractivity contribution is -0.108. The van der Waals surface area contributed by atoms with Crippen molar-refractivity contribution in [2.45, 2.75) is 80.1 Å². The maximum atomic E-state index is 10.1. The normalized spacial score (nSPS) is 12.5. The van der Waals surface area contributed by atoms with Crippen LogP contribution in [0.25, 0.3) is 0 Å². The van der Waals surface area contributed by atoms with Gasteiger partial charge in [0.2, 0.25) is 0 Å². The minimum atomic E-state index is 0.329. The molecule has 0 aromatic rings. The molecule has 0 aliphatic rings. The van der Waals surface area contributed by atoms with Crippen molar-refractivity contribution in [1.82, 2.24) is 0 Å². The molecule has 2 atom stereocenters. The van der Waals surface area contributed by atoms with E-state index >= 15 is 0 Å². The lowest BCUT2D eigenvalue weighted by Gasteiger charge is -2.06. The first kappa shape index (κ1) is 23.4. The van der Waals surface area contributed by atoms with Crippen molar-refractivity contribution in [2.24, 2.45) is 11.8 Å². The van der Waals surface area contributed by atoms with Crippen LogP contribution >= 0.6 is 0 Å². The zero-order valence-electron chi connectivity index (χ0n) is 15.7. The molecule has 2 unspecified atom stereocenters. The molecule has 0 aliphatic heterocycles. The zero-order chi connectivity index (χ0) is 17.4. The zero-order valence-corrected chi connectivity index (χ0v) is 15.7. The van der Waals surface area contributed by atoms with Gasteiger partial charge in [-0.3, -0.25) is 0 Å². The molecule has 0 spiro atoms. The summed E-state index contributed by atoms with van der Waals surface area (Å²) in [6, 6.07) is 0. The summed E-state index contributed by atoms with van der Waals surface area (Å²) in [4.78, 5) is 10.1. The highest BCUT2D eigenvalue weighted by Crippen LogP contribution is 2.11. The predicted molar refractivity (Wildman–Crippen MR) is 98.0 cm³/mol. The Bertz CT molecular complexity index is 308. The highest BCUT2D eigenvalue weighted by Gasteiger charge is 1.98. The van der Waals surface area contributed by atoms with Gasteiger partial charge in [0.25, 0.3) is 0 Å². The SMILES string of the molecule is CC(C)=CCCC(C)CC=O.CC(C)=CCCC(C)CCO. The fraction of sp³-hybridized carbons (Fsp3) is 0.750. The number of hydrogen-bond donors (Lipinski definition) is 1. The van der Waals surface area contributed by atoms with Crippen molar-refractivity contribution in [3.63, 3.8) is 0 Å². The van der Waals surface area contributed by atoms with Gasteiger partial charge in [0.1, 0.15) is 6.29 Å². The second-order valence-corrected chi connectivity index (χ2v) is 6.84. The molecule has 2 nitrogen and oxygen atoms in total. The number of aldehydes is 1. The number of aliphatic hydroxyl groups excluding tert-OH is 1. The van der Waals surface area contributed by atoms with Crippen molar-refractivity contribution in [3.05, 3.63) is 23.3 Å². The topological polar surface area (TPSA) is 37.3 Å². The highest BCUT2D eigenvalue weighted by molar-refractivity contribution is 5.49. The number of rotatable bonds is 10. The van der Waals surface area contributed by atoms with E-state index in [0.29, 0.717) is 24.9 Å². The van der Waals surface area contributed by atoms with Crippen LogP contribution in [0, 0.1) is 11.8 Å². The van der Waals surface area contributed by atoms with Gasteiger partial charge in [0.15, 0.2) is 0 Å². The summed E-state index contributed by atoms with van der Waals surface area (Å²) < 4.78 is 0. The van der Waals surface area contributed by atoms with Crippen LogP contribution in [0.2, 0.25) is 0 Å². The molecule has 130 valence electrons. The minimum Gasteiger partial charge on any atom is -0.396 e. The quantitative estimate of drug-likeness (QED) is 0.414. The Balaban J connectivity index is 0. The van der Waals surface area contributed by atoms with E-state index in [-0.39, 0.29) is 0 Å². The van der Waals surface area contributed by atoms with Crippen LogP contribution in [0.15, 0.2) is 23.3 Å². The van der Waals surface area contributed by atoms with Crippen molar-refractivity contribution in [2.75, 3.05) is 6.61 Å².